The maximum absolute atomic E-state index is 10.7. The van der Waals surface area contributed by atoms with E-state index in [1.165, 1.54) is 12.1 Å². The van der Waals surface area contributed by atoms with Crippen LogP contribution >= 0.6 is 11.6 Å². The van der Waals surface area contributed by atoms with Crippen LogP contribution in [0.1, 0.15) is 6.42 Å². The van der Waals surface area contributed by atoms with Gasteiger partial charge in [-0.2, -0.15) is 0 Å². The average molecular weight is 226 g/mol. The molecular weight excluding hydrogens is 218 g/mol. The van der Waals surface area contributed by atoms with Crippen LogP contribution in [-0.2, 0) is 0 Å². The second kappa shape index (κ2) is 5.23. The number of halogens is 1. The molecule has 4 nitrogen and oxygen atoms in total. The highest BCUT2D eigenvalue weighted by molar-refractivity contribution is 6.32. The van der Waals surface area contributed by atoms with Gasteiger partial charge in [0.05, 0.1) is 11.5 Å². The van der Waals surface area contributed by atoms with Crippen LogP contribution in [0.4, 0.5) is 5.69 Å². The van der Waals surface area contributed by atoms with Crippen LogP contribution < -0.4 is 4.74 Å². The van der Waals surface area contributed by atoms with Gasteiger partial charge in [0.25, 0.3) is 0 Å². The van der Waals surface area contributed by atoms with Crippen LogP contribution in [-0.4, -0.2) is 11.5 Å². The zero-order chi connectivity index (χ0) is 11.3. The van der Waals surface area contributed by atoms with Gasteiger partial charge in [0.2, 0.25) is 0 Å². The van der Waals surface area contributed by atoms with E-state index in [1.807, 2.05) is 0 Å². The minimum absolute atomic E-state index is 0.0539. The van der Waals surface area contributed by atoms with E-state index in [-0.39, 0.29) is 23.1 Å². The van der Waals surface area contributed by atoms with Gasteiger partial charge < -0.3 is 4.74 Å². The van der Waals surface area contributed by atoms with Crippen molar-refractivity contribution < 1.29 is 9.66 Å². The van der Waals surface area contributed by atoms with Gasteiger partial charge in [0, 0.05) is 6.42 Å². The van der Waals surface area contributed by atoms with Crippen LogP contribution in [0.2, 0.25) is 5.02 Å². The van der Waals surface area contributed by atoms with Gasteiger partial charge in [-0.1, -0.05) is 17.7 Å². The lowest BCUT2D eigenvalue weighted by Gasteiger charge is -2.05. The molecule has 0 aliphatic heterocycles. The maximum Gasteiger partial charge on any atom is 0.329 e. The van der Waals surface area contributed by atoms with Crippen molar-refractivity contribution in [3.05, 3.63) is 33.3 Å². The molecule has 1 aromatic carbocycles. The van der Waals surface area contributed by atoms with Gasteiger partial charge in [0.1, 0.15) is 5.02 Å². The van der Waals surface area contributed by atoms with Gasteiger partial charge in [0.15, 0.2) is 5.75 Å². The fourth-order valence-electron chi connectivity index (χ4n) is 1.01. The van der Waals surface area contributed by atoms with Crippen molar-refractivity contribution in [1.29, 1.82) is 0 Å². The van der Waals surface area contributed by atoms with Crippen LogP contribution in [0.25, 0.3) is 0 Å². The third-order valence-electron chi connectivity index (χ3n) is 1.64. The normalized spacial score (nSPS) is 9.33. The Morgan fingerprint density at radius 2 is 2.33 bits per heavy atom. The molecule has 0 aliphatic carbocycles. The van der Waals surface area contributed by atoms with Crippen molar-refractivity contribution in [3.63, 3.8) is 0 Å². The predicted molar refractivity (Wildman–Crippen MR) is 57.1 cm³/mol. The van der Waals surface area contributed by atoms with Crippen LogP contribution in [0.15, 0.2) is 18.2 Å². The van der Waals surface area contributed by atoms with Crippen LogP contribution in [0.3, 0.4) is 0 Å². The molecule has 0 saturated heterocycles. The Morgan fingerprint density at radius 1 is 1.60 bits per heavy atom. The highest BCUT2D eigenvalue weighted by Gasteiger charge is 2.19. The molecule has 15 heavy (non-hydrogen) atoms. The standard InChI is InChI=1S/C10H8ClNO3/c1-2-3-7-15-9-6-4-5-8(11)10(9)12(13)14/h1,4-6H,3,7H2. The molecule has 1 aromatic rings. The third kappa shape index (κ3) is 2.86. The average Bonchev–Trinajstić information content (AvgIpc) is 2.17. The molecule has 0 saturated carbocycles. The highest BCUT2D eigenvalue weighted by atomic mass is 35.5. The molecule has 0 bridgehead atoms. The second-order valence-electron chi connectivity index (χ2n) is 2.65. The topological polar surface area (TPSA) is 52.4 Å². The summed E-state index contributed by atoms with van der Waals surface area (Å²) in [7, 11) is 0. The van der Waals surface area contributed by atoms with Crippen molar-refractivity contribution in [2.24, 2.45) is 0 Å². The van der Waals surface area contributed by atoms with E-state index in [0.29, 0.717) is 6.42 Å². The minimum atomic E-state index is -0.576. The fourth-order valence-corrected chi connectivity index (χ4v) is 1.24. The lowest BCUT2D eigenvalue weighted by atomic mass is 10.3. The number of benzene rings is 1. The molecule has 0 atom stereocenters. The van der Waals surface area contributed by atoms with E-state index in [9.17, 15) is 10.1 Å². The zero-order valence-corrected chi connectivity index (χ0v) is 8.53. The Labute approximate surface area is 92.0 Å². The molecule has 0 N–H and O–H groups in total. The summed E-state index contributed by atoms with van der Waals surface area (Å²) in [5, 5.41) is 10.7. The molecule has 0 aromatic heterocycles. The number of nitro benzene ring substituents is 1. The molecule has 0 heterocycles. The summed E-state index contributed by atoms with van der Waals surface area (Å²) in [6, 6.07) is 4.51. The summed E-state index contributed by atoms with van der Waals surface area (Å²) >= 11 is 5.68. The first-order chi connectivity index (χ1) is 7.16. The summed E-state index contributed by atoms with van der Waals surface area (Å²) in [5.41, 5.74) is -0.226. The van der Waals surface area contributed by atoms with E-state index >= 15 is 0 Å². The number of nitro groups is 1. The summed E-state index contributed by atoms with van der Waals surface area (Å²) in [4.78, 5) is 10.1. The SMILES string of the molecule is C#CCCOc1cccc(Cl)c1[N+](=O)[O-]. The Kier molecular flexibility index (Phi) is 3.95. The minimum Gasteiger partial charge on any atom is -0.486 e. The first-order valence-electron chi connectivity index (χ1n) is 4.16. The van der Waals surface area contributed by atoms with Crippen LogP contribution in [0.5, 0.6) is 5.75 Å². The molecule has 0 fully saturated rings. The van der Waals surface area contributed by atoms with E-state index in [4.69, 9.17) is 22.8 Å². The van der Waals surface area contributed by atoms with Gasteiger partial charge in [-0.3, -0.25) is 10.1 Å². The predicted octanol–water partition coefficient (Wildman–Crippen LogP) is 2.65. The van der Waals surface area contributed by atoms with Gasteiger partial charge >= 0.3 is 5.69 Å². The van der Waals surface area contributed by atoms with E-state index in [0.717, 1.165) is 0 Å². The molecule has 0 amide bonds. The molecule has 0 radical (unpaired) electrons. The lowest BCUT2D eigenvalue weighted by molar-refractivity contribution is -0.385. The molecule has 78 valence electrons. The lowest BCUT2D eigenvalue weighted by Crippen LogP contribution is -2.00. The summed E-state index contributed by atoms with van der Waals surface area (Å²) in [5.74, 6) is 2.51. The fraction of sp³-hybridized carbons (Fsp3) is 0.200. The van der Waals surface area contributed by atoms with Crippen LogP contribution in [0, 0.1) is 22.5 Å². The van der Waals surface area contributed by atoms with E-state index in [2.05, 4.69) is 5.92 Å². The molecule has 1 rings (SSSR count). The van der Waals surface area contributed by atoms with E-state index < -0.39 is 4.92 Å². The Morgan fingerprint density at radius 3 is 2.93 bits per heavy atom. The Bertz CT molecular complexity index is 412. The van der Waals surface area contributed by atoms with Gasteiger partial charge in [-0.15, -0.1) is 12.3 Å². The summed E-state index contributed by atoms with van der Waals surface area (Å²) in [6.45, 7) is 0.234. The second-order valence-corrected chi connectivity index (χ2v) is 3.05. The molecule has 0 aliphatic rings. The largest absolute Gasteiger partial charge is 0.486 e. The van der Waals surface area contributed by atoms with Crippen molar-refractivity contribution in [1.82, 2.24) is 0 Å². The monoisotopic (exact) mass is 225 g/mol. The zero-order valence-electron chi connectivity index (χ0n) is 7.77. The Hall–Kier alpha value is -1.73. The summed E-state index contributed by atoms with van der Waals surface area (Å²) in [6.07, 6.45) is 5.42. The van der Waals surface area contributed by atoms with E-state index in [1.54, 1.807) is 6.07 Å². The third-order valence-corrected chi connectivity index (χ3v) is 1.94. The molecular formula is C10H8ClNO3. The van der Waals surface area contributed by atoms with Crippen molar-refractivity contribution >= 4 is 17.3 Å². The van der Waals surface area contributed by atoms with Crippen molar-refractivity contribution in [2.45, 2.75) is 6.42 Å². The maximum atomic E-state index is 10.7. The number of terminal acetylenes is 1. The molecule has 0 unspecified atom stereocenters. The van der Waals surface area contributed by atoms with Crippen molar-refractivity contribution in [3.8, 4) is 18.1 Å². The first kappa shape index (κ1) is 11.3. The number of rotatable bonds is 4. The molecule has 5 heteroatoms. The number of para-hydroxylation sites is 1. The number of ether oxygens (including phenoxy) is 1. The number of nitrogens with zero attached hydrogens (tertiary/aromatic N) is 1. The van der Waals surface area contributed by atoms with Crippen molar-refractivity contribution in [2.75, 3.05) is 6.61 Å². The number of hydrogen-bond acceptors (Lipinski definition) is 3. The quantitative estimate of drug-likeness (QED) is 0.343. The van der Waals surface area contributed by atoms with Gasteiger partial charge in [-0.05, 0) is 12.1 Å². The number of hydrogen-bond donors (Lipinski definition) is 0. The van der Waals surface area contributed by atoms with Gasteiger partial charge in [-0.25, -0.2) is 0 Å². The first-order valence-corrected chi connectivity index (χ1v) is 4.53. The summed E-state index contributed by atoms with van der Waals surface area (Å²) < 4.78 is 5.15. The Balaban J connectivity index is 2.92. The highest BCUT2D eigenvalue weighted by Crippen LogP contribution is 2.34. The molecule has 0 spiro atoms. The smallest absolute Gasteiger partial charge is 0.329 e.